The van der Waals surface area contributed by atoms with Gasteiger partial charge in [-0.15, -0.1) is 10.1 Å². The Bertz CT molecular complexity index is 857. The first-order valence-corrected chi connectivity index (χ1v) is 9.43. The lowest BCUT2D eigenvalue weighted by molar-refractivity contribution is -0.955. The summed E-state index contributed by atoms with van der Waals surface area (Å²) in [7, 11) is 0. The zero-order valence-electron chi connectivity index (χ0n) is 17.5. The van der Waals surface area contributed by atoms with Crippen LogP contribution in [0.4, 0.5) is 0 Å². The molecule has 8 heteroatoms. The number of hydroxylamine groups is 2. The van der Waals surface area contributed by atoms with Gasteiger partial charge in [0.15, 0.2) is 6.10 Å². The van der Waals surface area contributed by atoms with Crippen molar-refractivity contribution < 1.29 is 19.4 Å². The number of nitrogens with one attached hydrogen (secondary N) is 2. The average molecular weight is 391 g/mol. The molecule has 2 atom stereocenters. The van der Waals surface area contributed by atoms with Crippen LogP contribution in [0.15, 0.2) is 22.6 Å². The Balaban J connectivity index is 2.03. The molecule has 1 aliphatic heterocycles. The van der Waals surface area contributed by atoms with Crippen molar-refractivity contribution in [3.63, 3.8) is 0 Å². The topological polar surface area (TPSA) is 105 Å². The molecular formula is C20H29N3O5. The molecule has 1 aromatic heterocycles. The fourth-order valence-electron chi connectivity index (χ4n) is 4.02. The van der Waals surface area contributed by atoms with Crippen molar-refractivity contribution >= 4 is 11.0 Å². The lowest BCUT2D eigenvalue weighted by atomic mass is 9.89. The van der Waals surface area contributed by atoms with Crippen molar-refractivity contribution in [3.05, 3.63) is 50.4 Å². The van der Waals surface area contributed by atoms with Crippen molar-refractivity contribution in [1.82, 2.24) is 5.32 Å². The summed E-state index contributed by atoms with van der Waals surface area (Å²) in [6.07, 6.45) is -0.862. The number of quaternary nitrogens is 1. The molecule has 0 bridgehead atoms. The molecule has 2 N–H and O–H groups in total. The van der Waals surface area contributed by atoms with Gasteiger partial charge in [0, 0.05) is 28.6 Å². The molecule has 154 valence electrons. The molecule has 0 saturated heterocycles. The molecule has 0 fully saturated rings. The summed E-state index contributed by atoms with van der Waals surface area (Å²) in [5.41, 5.74) is 1.09. The van der Waals surface area contributed by atoms with E-state index in [0.717, 1.165) is 16.5 Å². The average Bonchev–Trinajstić information content (AvgIpc) is 3.02. The van der Waals surface area contributed by atoms with Gasteiger partial charge in [-0.3, -0.25) is 0 Å². The van der Waals surface area contributed by atoms with Gasteiger partial charge in [-0.2, -0.15) is 0 Å². The third-order valence-corrected chi connectivity index (χ3v) is 5.51. The molecule has 28 heavy (non-hydrogen) atoms. The minimum absolute atomic E-state index is 0.173. The molecule has 2 aromatic rings. The molecule has 0 spiro atoms. The van der Waals surface area contributed by atoms with Crippen LogP contribution in [-0.4, -0.2) is 17.2 Å². The molecule has 1 aliphatic rings. The number of rotatable bonds is 5. The predicted octanol–water partition coefficient (Wildman–Crippen LogP) is 2.94. The van der Waals surface area contributed by atoms with E-state index >= 15 is 0 Å². The Morgan fingerprint density at radius 1 is 1.18 bits per heavy atom. The van der Waals surface area contributed by atoms with Crippen LogP contribution >= 0.6 is 0 Å². The van der Waals surface area contributed by atoms with Gasteiger partial charge < -0.3 is 24.8 Å². The Kier molecular flexibility index (Phi) is 4.73. The smallest absolute Gasteiger partial charge is 0.295 e. The monoisotopic (exact) mass is 391 g/mol. The molecule has 0 amide bonds. The third kappa shape index (κ3) is 3.47. The number of hydrogen-bond acceptors (Lipinski definition) is 6. The molecule has 2 unspecified atom stereocenters. The van der Waals surface area contributed by atoms with Crippen molar-refractivity contribution in [2.24, 2.45) is 0 Å². The highest BCUT2D eigenvalue weighted by Crippen LogP contribution is 2.39. The first kappa shape index (κ1) is 20.6. The molecule has 0 saturated carbocycles. The number of fused-ring (bicyclic) bond motifs is 2. The molecular weight excluding hydrogens is 362 g/mol. The van der Waals surface area contributed by atoms with Crippen molar-refractivity contribution in [1.29, 1.82) is 0 Å². The molecule has 8 nitrogen and oxygen atoms in total. The van der Waals surface area contributed by atoms with Crippen molar-refractivity contribution in [3.8, 4) is 0 Å². The maximum Gasteiger partial charge on any atom is 0.295 e. The maximum absolute atomic E-state index is 12.8. The Labute approximate surface area is 164 Å². The summed E-state index contributed by atoms with van der Waals surface area (Å²) in [6.45, 7) is 13.9. The van der Waals surface area contributed by atoms with E-state index in [4.69, 9.17) is 9.25 Å². The van der Waals surface area contributed by atoms with E-state index in [1.54, 1.807) is 6.07 Å². The van der Waals surface area contributed by atoms with E-state index in [1.165, 1.54) is 0 Å². The minimum atomic E-state index is -0.862. The highest BCUT2D eigenvalue weighted by atomic mass is 17.0. The Hall–Kier alpha value is -2.16. The van der Waals surface area contributed by atoms with Crippen LogP contribution in [0, 0.1) is 15.3 Å². The van der Waals surface area contributed by atoms with Gasteiger partial charge in [0.2, 0.25) is 0 Å². The second-order valence-corrected chi connectivity index (χ2v) is 9.61. The van der Waals surface area contributed by atoms with E-state index < -0.39 is 22.3 Å². The fraction of sp³-hybridized carbons (Fsp3) is 0.600. The summed E-state index contributed by atoms with van der Waals surface area (Å²) in [4.78, 5) is 15.8. The number of hydrogen-bond donors (Lipinski definition) is 2. The van der Waals surface area contributed by atoms with E-state index in [0.29, 0.717) is 11.3 Å². The summed E-state index contributed by atoms with van der Waals surface area (Å²) in [5.74, 6) is 0.383. The Morgan fingerprint density at radius 2 is 1.75 bits per heavy atom. The number of nitrogens with zero attached hydrogens (tertiary/aromatic N) is 1. The highest BCUT2D eigenvalue weighted by molar-refractivity contribution is 5.81. The standard InChI is InChI=1S/C20H29N3O5/c1-18(2,3)21-11-17(28-23(25)26)16-9-12-8-13-14(10-15(12)27-16)20(6,7)22(24)19(13,4)5/h8-10,17,21-22H,11H2,1-7H3. The Morgan fingerprint density at radius 3 is 2.29 bits per heavy atom. The molecule has 0 aliphatic carbocycles. The minimum Gasteiger partial charge on any atom is -0.633 e. The molecule has 2 heterocycles. The molecule has 0 radical (unpaired) electrons. The van der Waals surface area contributed by atoms with E-state index in [-0.39, 0.29) is 17.1 Å². The van der Waals surface area contributed by atoms with Crippen LogP contribution < -0.4 is 10.4 Å². The van der Waals surface area contributed by atoms with Crippen LogP contribution in [0.2, 0.25) is 0 Å². The van der Waals surface area contributed by atoms with E-state index in [2.05, 4.69) is 5.32 Å². The maximum atomic E-state index is 12.8. The van der Waals surface area contributed by atoms with E-state index in [9.17, 15) is 15.3 Å². The fourth-order valence-corrected chi connectivity index (χ4v) is 4.02. The molecule has 3 rings (SSSR count). The van der Waals surface area contributed by atoms with Gasteiger partial charge in [-0.05, 0) is 66.7 Å². The van der Waals surface area contributed by atoms with Gasteiger partial charge in [0.05, 0.1) is 0 Å². The van der Waals surface area contributed by atoms with Crippen molar-refractivity contribution in [2.45, 2.75) is 71.2 Å². The van der Waals surface area contributed by atoms with Crippen LogP contribution in [0.1, 0.15) is 71.5 Å². The number of furan rings is 1. The molecule has 1 aromatic carbocycles. The second kappa shape index (κ2) is 6.43. The van der Waals surface area contributed by atoms with Crippen LogP contribution in [0.3, 0.4) is 0 Å². The van der Waals surface area contributed by atoms with Crippen LogP contribution in [-0.2, 0) is 15.9 Å². The first-order valence-electron chi connectivity index (χ1n) is 9.43. The van der Waals surface area contributed by atoms with E-state index in [1.807, 2.05) is 60.6 Å². The first-order chi connectivity index (χ1) is 12.7. The highest BCUT2D eigenvalue weighted by Gasteiger charge is 2.49. The summed E-state index contributed by atoms with van der Waals surface area (Å²) >= 11 is 0. The predicted molar refractivity (Wildman–Crippen MR) is 105 cm³/mol. The van der Waals surface area contributed by atoms with Crippen LogP contribution in [0.5, 0.6) is 0 Å². The normalized spacial score (nSPS) is 21.5. The van der Waals surface area contributed by atoms with Gasteiger partial charge in [-0.25, -0.2) is 0 Å². The summed E-state index contributed by atoms with van der Waals surface area (Å²) in [5, 5.41) is 27.2. The zero-order chi connectivity index (χ0) is 21.1. The lowest BCUT2D eigenvalue weighted by Gasteiger charge is -2.40. The van der Waals surface area contributed by atoms with Gasteiger partial charge in [-0.1, -0.05) is 0 Å². The SMILES string of the molecule is CC(C)(C)NCC(O[N+](=O)[O-])c1cc2cc3c(cc2o1)C(C)(C)[NH+]([O-])C3(C)C. The van der Waals surface area contributed by atoms with Gasteiger partial charge in [0.25, 0.3) is 5.09 Å². The van der Waals surface area contributed by atoms with Crippen LogP contribution in [0.25, 0.3) is 11.0 Å². The summed E-state index contributed by atoms with van der Waals surface area (Å²) < 4.78 is 5.94. The zero-order valence-corrected chi connectivity index (χ0v) is 17.5. The quantitative estimate of drug-likeness (QED) is 0.461. The third-order valence-electron chi connectivity index (χ3n) is 5.51. The lowest BCUT2D eigenvalue weighted by Crippen LogP contribution is -3.17. The summed E-state index contributed by atoms with van der Waals surface area (Å²) in [6, 6.07) is 5.62. The van der Waals surface area contributed by atoms with Crippen molar-refractivity contribution in [2.75, 3.05) is 6.54 Å². The van der Waals surface area contributed by atoms with Gasteiger partial charge >= 0.3 is 0 Å². The van der Waals surface area contributed by atoms with Gasteiger partial charge in [0.1, 0.15) is 22.4 Å². The largest absolute Gasteiger partial charge is 0.633 e. The second-order valence-electron chi connectivity index (χ2n) is 9.61. The number of benzene rings is 1.